The Kier molecular flexibility index (Phi) is 3.92. The van der Waals surface area contributed by atoms with Gasteiger partial charge in [-0.15, -0.1) is 0 Å². The fourth-order valence-electron chi connectivity index (χ4n) is 3.90. The summed E-state index contributed by atoms with van der Waals surface area (Å²) in [6, 6.07) is 1.53. The van der Waals surface area contributed by atoms with E-state index < -0.39 is 0 Å². The van der Waals surface area contributed by atoms with Gasteiger partial charge in [0.2, 0.25) is 0 Å². The fraction of sp³-hybridized carbons (Fsp3) is 1.00. The normalized spacial score (nSPS) is 39.5. The minimum atomic E-state index is 0.410. The van der Waals surface area contributed by atoms with Crippen molar-refractivity contribution in [3.8, 4) is 0 Å². The quantitative estimate of drug-likeness (QED) is 0.802. The van der Waals surface area contributed by atoms with Crippen LogP contribution in [-0.2, 0) is 4.74 Å². The molecule has 2 aliphatic heterocycles. The molecule has 0 aromatic rings. The molecule has 3 rings (SSSR count). The van der Waals surface area contributed by atoms with E-state index in [1.165, 1.54) is 45.1 Å². The number of ether oxygens (including phenoxy) is 1. The van der Waals surface area contributed by atoms with Crippen LogP contribution in [0, 0.1) is 11.3 Å². The molecule has 3 aliphatic rings. The lowest BCUT2D eigenvalue weighted by molar-refractivity contribution is -0.100. The van der Waals surface area contributed by atoms with Gasteiger partial charge in [0.05, 0.1) is 13.2 Å². The molecule has 3 atom stereocenters. The molecule has 18 heavy (non-hydrogen) atoms. The van der Waals surface area contributed by atoms with Gasteiger partial charge in [-0.05, 0) is 38.1 Å². The third-order valence-corrected chi connectivity index (χ3v) is 5.13. The first kappa shape index (κ1) is 12.9. The Morgan fingerprint density at radius 2 is 2.06 bits per heavy atom. The molecule has 104 valence electrons. The molecule has 0 aromatic carbocycles. The molecular formula is C15H28N2O. The third-order valence-electron chi connectivity index (χ3n) is 5.13. The van der Waals surface area contributed by atoms with Crippen LogP contribution < -0.4 is 10.6 Å². The van der Waals surface area contributed by atoms with Gasteiger partial charge >= 0.3 is 0 Å². The first-order chi connectivity index (χ1) is 8.77. The van der Waals surface area contributed by atoms with Crippen molar-refractivity contribution in [3.63, 3.8) is 0 Å². The van der Waals surface area contributed by atoms with E-state index in [9.17, 15) is 0 Å². The predicted octanol–water partition coefficient (Wildman–Crippen LogP) is 1.92. The highest BCUT2D eigenvalue weighted by atomic mass is 16.5. The largest absolute Gasteiger partial charge is 0.380 e. The lowest BCUT2D eigenvalue weighted by Crippen LogP contribution is -2.52. The van der Waals surface area contributed by atoms with E-state index in [4.69, 9.17) is 4.74 Å². The van der Waals surface area contributed by atoms with Crippen LogP contribution in [0.15, 0.2) is 0 Å². The van der Waals surface area contributed by atoms with Crippen LogP contribution in [0.5, 0.6) is 0 Å². The molecule has 1 aliphatic carbocycles. The smallest absolute Gasteiger partial charge is 0.0554 e. The molecule has 0 amide bonds. The maximum atomic E-state index is 5.34. The van der Waals surface area contributed by atoms with Gasteiger partial charge in [0.1, 0.15) is 0 Å². The molecule has 2 heterocycles. The maximum absolute atomic E-state index is 5.34. The predicted molar refractivity (Wildman–Crippen MR) is 73.7 cm³/mol. The van der Waals surface area contributed by atoms with E-state index in [-0.39, 0.29) is 0 Å². The average molecular weight is 252 g/mol. The molecule has 2 saturated heterocycles. The molecule has 0 aromatic heterocycles. The van der Waals surface area contributed by atoms with Crippen LogP contribution in [-0.4, -0.2) is 38.4 Å². The first-order valence-electron chi connectivity index (χ1n) is 7.81. The Hall–Kier alpha value is -0.120. The highest BCUT2D eigenvalue weighted by molar-refractivity contribution is 4.94. The van der Waals surface area contributed by atoms with Gasteiger partial charge in [0.25, 0.3) is 0 Å². The minimum Gasteiger partial charge on any atom is -0.380 e. The molecule has 0 radical (unpaired) electrons. The van der Waals surface area contributed by atoms with Crippen LogP contribution in [0.1, 0.15) is 45.4 Å². The van der Waals surface area contributed by atoms with E-state index in [0.29, 0.717) is 5.41 Å². The molecule has 0 spiro atoms. The van der Waals surface area contributed by atoms with Gasteiger partial charge in [-0.25, -0.2) is 0 Å². The molecule has 1 saturated carbocycles. The molecule has 3 nitrogen and oxygen atoms in total. The van der Waals surface area contributed by atoms with E-state index in [0.717, 1.165) is 37.8 Å². The van der Waals surface area contributed by atoms with Crippen molar-refractivity contribution in [2.45, 2.75) is 57.5 Å². The van der Waals surface area contributed by atoms with Crippen molar-refractivity contribution < 1.29 is 4.74 Å². The van der Waals surface area contributed by atoms with Crippen molar-refractivity contribution in [1.29, 1.82) is 0 Å². The van der Waals surface area contributed by atoms with Crippen LogP contribution in [0.4, 0.5) is 0 Å². The summed E-state index contributed by atoms with van der Waals surface area (Å²) in [6.07, 6.45) is 8.39. The Morgan fingerprint density at radius 1 is 1.17 bits per heavy atom. The molecule has 0 bridgehead atoms. The van der Waals surface area contributed by atoms with Crippen LogP contribution in [0.25, 0.3) is 0 Å². The van der Waals surface area contributed by atoms with Crippen molar-refractivity contribution in [1.82, 2.24) is 10.6 Å². The topological polar surface area (TPSA) is 33.3 Å². The third kappa shape index (κ3) is 2.73. The lowest BCUT2D eigenvalue weighted by Gasteiger charge is -2.40. The molecule has 2 N–H and O–H groups in total. The van der Waals surface area contributed by atoms with E-state index in [1.54, 1.807) is 0 Å². The fourth-order valence-corrected chi connectivity index (χ4v) is 3.90. The second kappa shape index (κ2) is 5.48. The average Bonchev–Trinajstić information content (AvgIpc) is 2.83. The second-order valence-corrected chi connectivity index (χ2v) is 6.94. The van der Waals surface area contributed by atoms with Gasteiger partial charge < -0.3 is 15.4 Å². The van der Waals surface area contributed by atoms with Gasteiger partial charge in [-0.2, -0.15) is 0 Å². The standard InChI is InChI=1S/C15H28N2O/c1-15(10-18-11-15)9-17-14-7-4-5-12(14)13-6-2-3-8-16-13/h12-14,16-17H,2-11H2,1H3. The summed E-state index contributed by atoms with van der Waals surface area (Å²) in [4.78, 5) is 0. The summed E-state index contributed by atoms with van der Waals surface area (Å²) in [5.41, 5.74) is 0.410. The number of hydrogen-bond acceptors (Lipinski definition) is 3. The van der Waals surface area contributed by atoms with Gasteiger partial charge in [-0.3, -0.25) is 0 Å². The maximum Gasteiger partial charge on any atom is 0.0554 e. The Bertz CT molecular complexity index is 272. The highest BCUT2D eigenvalue weighted by Gasteiger charge is 2.37. The Morgan fingerprint density at radius 3 is 2.72 bits per heavy atom. The van der Waals surface area contributed by atoms with Crippen LogP contribution >= 0.6 is 0 Å². The monoisotopic (exact) mass is 252 g/mol. The summed E-state index contributed by atoms with van der Waals surface area (Å²) >= 11 is 0. The molecule has 3 heteroatoms. The zero-order valence-electron chi connectivity index (χ0n) is 11.7. The summed E-state index contributed by atoms with van der Waals surface area (Å²) in [5, 5.41) is 7.60. The highest BCUT2D eigenvalue weighted by Crippen LogP contribution is 2.33. The molecule has 3 fully saturated rings. The van der Waals surface area contributed by atoms with Crippen LogP contribution in [0.2, 0.25) is 0 Å². The Labute approximate surface area is 111 Å². The summed E-state index contributed by atoms with van der Waals surface area (Å²) in [7, 11) is 0. The van der Waals surface area contributed by atoms with Crippen LogP contribution in [0.3, 0.4) is 0 Å². The number of hydrogen-bond donors (Lipinski definition) is 2. The van der Waals surface area contributed by atoms with Gasteiger partial charge in [0, 0.05) is 24.0 Å². The van der Waals surface area contributed by atoms with Gasteiger partial charge in [-0.1, -0.05) is 19.8 Å². The minimum absolute atomic E-state index is 0.410. The summed E-state index contributed by atoms with van der Waals surface area (Å²) in [6.45, 7) is 6.60. The molecule has 3 unspecified atom stereocenters. The SMILES string of the molecule is CC1(CNC2CCCC2C2CCCCN2)COC1. The van der Waals surface area contributed by atoms with Crippen molar-refractivity contribution in [2.75, 3.05) is 26.3 Å². The first-order valence-corrected chi connectivity index (χ1v) is 7.81. The zero-order valence-corrected chi connectivity index (χ0v) is 11.7. The lowest BCUT2D eigenvalue weighted by atomic mass is 9.85. The van der Waals surface area contributed by atoms with Crippen molar-refractivity contribution in [3.05, 3.63) is 0 Å². The second-order valence-electron chi connectivity index (χ2n) is 6.94. The molecular weight excluding hydrogens is 224 g/mol. The van der Waals surface area contributed by atoms with Crippen molar-refractivity contribution >= 4 is 0 Å². The van der Waals surface area contributed by atoms with Gasteiger partial charge in [0.15, 0.2) is 0 Å². The van der Waals surface area contributed by atoms with Crippen molar-refractivity contribution in [2.24, 2.45) is 11.3 Å². The Balaban J connectivity index is 1.50. The number of nitrogens with one attached hydrogen (secondary N) is 2. The summed E-state index contributed by atoms with van der Waals surface area (Å²) in [5.74, 6) is 0.870. The van der Waals surface area contributed by atoms with E-state index in [1.807, 2.05) is 0 Å². The number of rotatable bonds is 4. The zero-order chi connectivity index (χ0) is 12.4. The summed E-state index contributed by atoms with van der Waals surface area (Å²) < 4.78 is 5.34. The number of piperidine rings is 1. The van der Waals surface area contributed by atoms with E-state index >= 15 is 0 Å². The van der Waals surface area contributed by atoms with E-state index in [2.05, 4.69) is 17.6 Å².